The molecule has 3 nitrogen and oxygen atoms in total. The molecule has 0 saturated heterocycles. The van der Waals surface area contributed by atoms with Crippen molar-refractivity contribution >= 4 is 93.3 Å². The number of rotatable bonds is 4. The van der Waals surface area contributed by atoms with E-state index in [2.05, 4.69) is 181 Å². The van der Waals surface area contributed by atoms with Gasteiger partial charge in [-0.25, -0.2) is 0 Å². The molecule has 11 rings (SSSR count). The summed E-state index contributed by atoms with van der Waals surface area (Å²) in [4.78, 5) is 2.30. The summed E-state index contributed by atoms with van der Waals surface area (Å²) in [6, 6.07) is 62.5. The Hall–Kier alpha value is -6.84. The van der Waals surface area contributed by atoms with Crippen molar-refractivity contribution in [1.29, 1.82) is 0 Å². The van der Waals surface area contributed by atoms with Gasteiger partial charge in [-0.2, -0.15) is 0 Å². The molecule has 0 amide bonds. The second kappa shape index (κ2) is 10.8. The first-order valence-corrected chi connectivity index (χ1v) is 17.3. The van der Waals surface area contributed by atoms with Crippen molar-refractivity contribution in [3.8, 4) is 11.1 Å². The molecule has 0 aliphatic rings. The van der Waals surface area contributed by atoms with Crippen LogP contribution >= 0.6 is 0 Å². The highest BCUT2D eigenvalue weighted by Gasteiger charge is 2.20. The van der Waals surface area contributed by atoms with Crippen LogP contribution in [-0.2, 0) is 0 Å². The lowest BCUT2D eigenvalue weighted by atomic mass is 9.91. The summed E-state index contributed by atoms with van der Waals surface area (Å²) in [6.45, 7) is 0. The molecule has 11 aromatic rings. The van der Waals surface area contributed by atoms with Crippen LogP contribution < -0.4 is 4.90 Å². The Kier molecular flexibility index (Phi) is 5.96. The van der Waals surface area contributed by atoms with Gasteiger partial charge in [-0.05, 0) is 92.7 Å². The van der Waals surface area contributed by atoms with Crippen LogP contribution in [0.25, 0.3) is 87.3 Å². The van der Waals surface area contributed by atoms with E-state index in [-0.39, 0.29) is 0 Å². The van der Waals surface area contributed by atoms with Gasteiger partial charge in [-0.1, -0.05) is 115 Å². The molecule has 0 bridgehead atoms. The number of anilines is 3. The summed E-state index contributed by atoms with van der Waals surface area (Å²) in [5.74, 6) is 0. The number of hydrogen-bond donors (Lipinski definition) is 0. The van der Waals surface area contributed by atoms with E-state index in [9.17, 15) is 0 Å². The second-order valence-electron chi connectivity index (χ2n) is 13.3. The number of hydrogen-bond acceptors (Lipinski definition) is 3. The first-order chi connectivity index (χ1) is 25.3. The molecule has 0 aliphatic heterocycles. The average Bonchev–Trinajstić information content (AvgIpc) is 3.76. The fraction of sp³-hybridized carbons (Fsp3) is 0. The third-order valence-corrected chi connectivity index (χ3v) is 10.4. The van der Waals surface area contributed by atoms with Crippen molar-refractivity contribution < 1.29 is 8.83 Å². The maximum Gasteiger partial charge on any atom is 0.143 e. The second-order valence-corrected chi connectivity index (χ2v) is 13.3. The Bertz CT molecular complexity index is 3150. The molecule has 0 atom stereocenters. The average molecular weight is 652 g/mol. The summed E-state index contributed by atoms with van der Waals surface area (Å²) < 4.78 is 13.2. The number of fused-ring (bicyclic) bond motifs is 11. The lowest BCUT2D eigenvalue weighted by molar-refractivity contribution is 0.669. The fourth-order valence-electron chi connectivity index (χ4n) is 8.12. The Morgan fingerprint density at radius 1 is 0.314 bits per heavy atom. The molecule has 0 radical (unpaired) electrons. The minimum atomic E-state index is 0.860. The Balaban J connectivity index is 1.14. The van der Waals surface area contributed by atoms with Gasteiger partial charge in [0.1, 0.15) is 22.3 Å². The standard InChI is InChI=1S/C48H29NO2/c1-2-13-33(14-3-1)49(35-23-26-38-41-25-22-31-11-5-7-16-37(31)48(41)51-45(38)29-35)34-24-27-43-42(28-34)47-40(18-9-19-44(47)50-43)39-17-8-12-32-21-20-30-10-4-6-15-36(30)46(32)39/h1-29H. The van der Waals surface area contributed by atoms with E-state index in [1.165, 1.54) is 32.5 Å². The first-order valence-electron chi connectivity index (χ1n) is 17.3. The third-order valence-electron chi connectivity index (χ3n) is 10.4. The van der Waals surface area contributed by atoms with Crippen LogP contribution in [0.15, 0.2) is 185 Å². The SMILES string of the molecule is c1ccc(N(c2ccc3c(c2)oc2c4ccccc4ccc32)c2ccc3oc4cccc(-c5cccc6ccc7ccccc7c56)c4c3c2)cc1. The van der Waals surface area contributed by atoms with Gasteiger partial charge in [-0.15, -0.1) is 0 Å². The monoisotopic (exact) mass is 651 g/mol. The molecule has 3 heteroatoms. The number of benzene rings is 9. The van der Waals surface area contributed by atoms with Crippen molar-refractivity contribution in [2.45, 2.75) is 0 Å². The molecule has 0 unspecified atom stereocenters. The van der Waals surface area contributed by atoms with Gasteiger partial charge < -0.3 is 13.7 Å². The number of furan rings is 2. The number of para-hydroxylation sites is 1. The fourth-order valence-corrected chi connectivity index (χ4v) is 8.12. The molecule has 0 fully saturated rings. The maximum absolute atomic E-state index is 6.63. The van der Waals surface area contributed by atoms with Crippen molar-refractivity contribution in [2.75, 3.05) is 4.90 Å². The molecule has 0 saturated carbocycles. The van der Waals surface area contributed by atoms with Crippen LogP contribution in [0, 0.1) is 0 Å². The lowest BCUT2D eigenvalue weighted by Gasteiger charge is -2.25. The molecule has 238 valence electrons. The van der Waals surface area contributed by atoms with Crippen LogP contribution in [0.4, 0.5) is 17.1 Å². The quantitative estimate of drug-likeness (QED) is 0.177. The summed E-state index contributed by atoms with van der Waals surface area (Å²) >= 11 is 0. The molecule has 0 aliphatic carbocycles. The topological polar surface area (TPSA) is 29.5 Å². The van der Waals surface area contributed by atoms with Gasteiger partial charge in [0.2, 0.25) is 0 Å². The Labute approximate surface area is 293 Å². The minimum Gasteiger partial charge on any atom is -0.456 e. The van der Waals surface area contributed by atoms with Gasteiger partial charge >= 0.3 is 0 Å². The predicted octanol–water partition coefficient (Wildman–Crippen LogP) is 14.1. The molecule has 2 aromatic heterocycles. The Morgan fingerprint density at radius 3 is 1.84 bits per heavy atom. The Morgan fingerprint density at radius 2 is 0.961 bits per heavy atom. The van der Waals surface area contributed by atoms with Gasteiger partial charge in [0, 0.05) is 50.1 Å². The van der Waals surface area contributed by atoms with Gasteiger partial charge in [-0.3, -0.25) is 0 Å². The zero-order chi connectivity index (χ0) is 33.5. The van der Waals surface area contributed by atoms with Crippen LogP contribution in [0.2, 0.25) is 0 Å². The summed E-state index contributed by atoms with van der Waals surface area (Å²) in [5.41, 5.74) is 9.00. The highest BCUT2D eigenvalue weighted by molar-refractivity contribution is 6.21. The first kappa shape index (κ1) is 28.0. The van der Waals surface area contributed by atoms with Crippen LogP contribution in [-0.4, -0.2) is 0 Å². The zero-order valence-electron chi connectivity index (χ0n) is 27.5. The number of nitrogens with zero attached hydrogens (tertiary/aromatic N) is 1. The van der Waals surface area contributed by atoms with Crippen LogP contribution in [0.1, 0.15) is 0 Å². The van der Waals surface area contributed by atoms with Crippen molar-refractivity contribution in [2.24, 2.45) is 0 Å². The van der Waals surface area contributed by atoms with E-state index < -0.39 is 0 Å². The van der Waals surface area contributed by atoms with E-state index >= 15 is 0 Å². The summed E-state index contributed by atoms with van der Waals surface area (Å²) in [5, 5.41) is 11.7. The molecule has 9 aromatic carbocycles. The van der Waals surface area contributed by atoms with Crippen molar-refractivity contribution in [3.05, 3.63) is 176 Å². The van der Waals surface area contributed by atoms with Gasteiger partial charge in [0.15, 0.2) is 0 Å². The molecule has 0 spiro atoms. The van der Waals surface area contributed by atoms with Crippen molar-refractivity contribution in [3.63, 3.8) is 0 Å². The van der Waals surface area contributed by atoms with E-state index in [1.807, 2.05) is 0 Å². The summed E-state index contributed by atoms with van der Waals surface area (Å²) in [6.07, 6.45) is 0. The maximum atomic E-state index is 6.63. The molecular weight excluding hydrogens is 623 g/mol. The van der Waals surface area contributed by atoms with E-state index in [0.717, 1.165) is 71.9 Å². The predicted molar refractivity (Wildman–Crippen MR) is 214 cm³/mol. The van der Waals surface area contributed by atoms with Crippen LogP contribution in [0.3, 0.4) is 0 Å². The molecule has 2 heterocycles. The minimum absolute atomic E-state index is 0.860. The smallest absolute Gasteiger partial charge is 0.143 e. The molecular formula is C48H29NO2. The highest BCUT2D eigenvalue weighted by Crippen LogP contribution is 2.45. The summed E-state index contributed by atoms with van der Waals surface area (Å²) in [7, 11) is 0. The molecule has 51 heavy (non-hydrogen) atoms. The largest absolute Gasteiger partial charge is 0.456 e. The zero-order valence-corrected chi connectivity index (χ0v) is 27.5. The third kappa shape index (κ3) is 4.25. The molecule has 0 N–H and O–H groups in total. The van der Waals surface area contributed by atoms with Gasteiger partial charge in [0.05, 0.1) is 0 Å². The van der Waals surface area contributed by atoms with E-state index in [1.54, 1.807) is 0 Å². The van der Waals surface area contributed by atoms with E-state index in [4.69, 9.17) is 8.83 Å². The van der Waals surface area contributed by atoms with Crippen molar-refractivity contribution in [1.82, 2.24) is 0 Å². The lowest BCUT2D eigenvalue weighted by Crippen LogP contribution is -2.09. The highest BCUT2D eigenvalue weighted by atomic mass is 16.3. The van der Waals surface area contributed by atoms with E-state index in [0.29, 0.717) is 0 Å². The van der Waals surface area contributed by atoms with Gasteiger partial charge in [0.25, 0.3) is 0 Å². The van der Waals surface area contributed by atoms with Crippen LogP contribution in [0.5, 0.6) is 0 Å². The normalized spacial score (nSPS) is 11.9.